The van der Waals surface area contributed by atoms with Crippen LogP contribution in [-0.2, 0) is 19.1 Å². The molecule has 1 fully saturated rings. The summed E-state index contributed by atoms with van der Waals surface area (Å²) in [5.41, 5.74) is 0.842. The van der Waals surface area contributed by atoms with Gasteiger partial charge in [0, 0.05) is 13.1 Å². The molecule has 28 heavy (non-hydrogen) atoms. The first-order valence-electron chi connectivity index (χ1n) is 9.87. The lowest BCUT2D eigenvalue weighted by atomic mass is 9.96. The van der Waals surface area contributed by atoms with Crippen LogP contribution in [0.2, 0.25) is 0 Å². The number of carbonyl (C=O) groups excluding carboxylic acids is 3. The third-order valence-corrected chi connectivity index (χ3v) is 4.57. The van der Waals surface area contributed by atoms with E-state index >= 15 is 0 Å². The molecule has 0 aliphatic carbocycles. The fourth-order valence-electron chi connectivity index (χ4n) is 3.28. The largest absolute Gasteiger partial charge is 0.463 e. The molecule has 0 radical (unpaired) electrons. The molecule has 0 aromatic heterocycles. The normalized spacial score (nSPS) is 17.7. The predicted octanol–water partition coefficient (Wildman–Crippen LogP) is 3.05. The highest BCUT2D eigenvalue weighted by Gasteiger charge is 2.31. The maximum atomic E-state index is 12.9. The van der Waals surface area contributed by atoms with Crippen molar-refractivity contribution in [2.75, 3.05) is 19.7 Å². The van der Waals surface area contributed by atoms with Crippen molar-refractivity contribution in [2.24, 2.45) is 5.92 Å². The van der Waals surface area contributed by atoms with Crippen molar-refractivity contribution >= 4 is 18.0 Å². The maximum Gasteiger partial charge on any atom is 0.409 e. The summed E-state index contributed by atoms with van der Waals surface area (Å²) in [5.74, 6) is -0.855. The lowest BCUT2D eigenvalue weighted by molar-refractivity contribution is -0.148. The van der Waals surface area contributed by atoms with Crippen LogP contribution in [0.1, 0.15) is 51.6 Å². The van der Waals surface area contributed by atoms with Gasteiger partial charge in [-0.15, -0.1) is 0 Å². The van der Waals surface area contributed by atoms with E-state index in [4.69, 9.17) is 9.47 Å². The summed E-state index contributed by atoms with van der Waals surface area (Å²) in [5, 5.41) is 2.98. The lowest BCUT2D eigenvalue weighted by Gasteiger charge is -2.32. The molecule has 0 bridgehead atoms. The molecular formula is C21H30N2O5. The van der Waals surface area contributed by atoms with E-state index in [0.717, 1.165) is 12.0 Å². The summed E-state index contributed by atoms with van der Waals surface area (Å²) >= 11 is 0. The van der Waals surface area contributed by atoms with Crippen molar-refractivity contribution < 1.29 is 23.9 Å². The zero-order valence-electron chi connectivity index (χ0n) is 16.8. The molecule has 7 heteroatoms. The van der Waals surface area contributed by atoms with Gasteiger partial charge in [0.1, 0.15) is 0 Å². The van der Waals surface area contributed by atoms with Crippen LogP contribution >= 0.6 is 0 Å². The van der Waals surface area contributed by atoms with Gasteiger partial charge in [-0.2, -0.15) is 0 Å². The van der Waals surface area contributed by atoms with E-state index in [2.05, 4.69) is 5.32 Å². The Bertz CT molecular complexity index is 662. The van der Waals surface area contributed by atoms with Crippen LogP contribution in [0.25, 0.3) is 0 Å². The van der Waals surface area contributed by atoms with Crippen molar-refractivity contribution in [1.82, 2.24) is 10.2 Å². The van der Waals surface area contributed by atoms with Gasteiger partial charge in [-0.05, 0) is 39.2 Å². The molecular weight excluding hydrogens is 360 g/mol. The molecule has 1 aliphatic heterocycles. The fourth-order valence-corrected chi connectivity index (χ4v) is 3.28. The van der Waals surface area contributed by atoms with Crippen LogP contribution in [0.4, 0.5) is 4.79 Å². The van der Waals surface area contributed by atoms with Crippen molar-refractivity contribution in [1.29, 1.82) is 0 Å². The van der Waals surface area contributed by atoms with Gasteiger partial charge < -0.3 is 19.7 Å². The molecule has 7 nitrogen and oxygen atoms in total. The molecule has 2 rings (SSSR count). The molecule has 1 aliphatic rings. The first kappa shape index (κ1) is 21.7. The number of nitrogens with zero attached hydrogens (tertiary/aromatic N) is 1. The Morgan fingerprint density at radius 3 is 2.57 bits per heavy atom. The highest BCUT2D eigenvalue weighted by atomic mass is 16.6. The number of piperidine rings is 1. The van der Waals surface area contributed by atoms with Gasteiger partial charge in [-0.1, -0.05) is 30.3 Å². The summed E-state index contributed by atoms with van der Waals surface area (Å²) in [4.78, 5) is 38.6. The Morgan fingerprint density at radius 2 is 1.93 bits per heavy atom. The molecule has 1 N–H and O–H groups in total. The number of nitrogens with one attached hydrogen (secondary N) is 1. The van der Waals surface area contributed by atoms with E-state index in [9.17, 15) is 14.4 Å². The Hall–Kier alpha value is -2.57. The van der Waals surface area contributed by atoms with Gasteiger partial charge in [0.15, 0.2) is 0 Å². The minimum Gasteiger partial charge on any atom is -0.463 e. The number of carbonyl (C=O) groups is 3. The number of amides is 2. The number of rotatable bonds is 7. The van der Waals surface area contributed by atoms with Gasteiger partial charge in [-0.25, -0.2) is 4.79 Å². The topological polar surface area (TPSA) is 84.9 Å². The molecule has 1 aromatic rings. The van der Waals surface area contributed by atoms with Crippen LogP contribution in [-0.4, -0.2) is 48.7 Å². The summed E-state index contributed by atoms with van der Waals surface area (Å²) in [7, 11) is 0. The fraction of sp³-hybridized carbons (Fsp3) is 0.571. The lowest BCUT2D eigenvalue weighted by Crippen LogP contribution is -2.46. The van der Waals surface area contributed by atoms with E-state index in [0.29, 0.717) is 26.1 Å². The zero-order chi connectivity index (χ0) is 20.5. The predicted molar refractivity (Wildman–Crippen MR) is 104 cm³/mol. The summed E-state index contributed by atoms with van der Waals surface area (Å²) in [6.45, 7) is 6.56. The molecule has 1 aromatic carbocycles. The standard InChI is InChI=1S/C21H30N2O5/c1-4-27-21(26)23-12-8-11-17(14-23)20(25)22-18(13-19(24)28-15(2)3)16-9-6-5-7-10-16/h5-7,9-10,15,17-18H,4,8,11-14H2,1-3H3,(H,22,25). The number of likely N-dealkylation sites (tertiary alicyclic amines) is 1. The first-order chi connectivity index (χ1) is 13.4. The van der Waals surface area contributed by atoms with E-state index in [1.807, 2.05) is 30.3 Å². The zero-order valence-corrected chi connectivity index (χ0v) is 16.8. The van der Waals surface area contributed by atoms with E-state index in [1.54, 1.807) is 25.7 Å². The Kier molecular flexibility index (Phi) is 8.29. The van der Waals surface area contributed by atoms with Gasteiger partial charge in [-0.3, -0.25) is 9.59 Å². The molecule has 2 amide bonds. The molecule has 1 heterocycles. The second-order valence-corrected chi connectivity index (χ2v) is 7.20. The average molecular weight is 390 g/mol. The van der Waals surface area contributed by atoms with Crippen LogP contribution in [0, 0.1) is 5.92 Å². The van der Waals surface area contributed by atoms with Gasteiger partial charge in [0.05, 0.1) is 31.1 Å². The Balaban J connectivity index is 2.04. The monoisotopic (exact) mass is 390 g/mol. The quantitative estimate of drug-likeness (QED) is 0.724. The number of esters is 1. The first-order valence-corrected chi connectivity index (χ1v) is 9.87. The minimum atomic E-state index is -0.474. The molecule has 0 saturated carbocycles. The molecule has 154 valence electrons. The van der Waals surface area contributed by atoms with Crippen LogP contribution < -0.4 is 5.32 Å². The van der Waals surface area contributed by atoms with E-state index in [-0.39, 0.29) is 36.4 Å². The van der Waals surface area contributed by atoms with E-state index < -0.39 is 6.04 Å². The highest BCUT2D eigenvalue weighted by molar-refractivity contribution is 5.81. The van der Waals surface area contributed by atoms with Gasteiger partial charge in [0.2, 0.25) is 5.91 Å². The number of hydrogen-bond acceptors (Lipinski definition) is 5. The van der Waals surface area contributed by atoms with Crippen LogP contribution in [0.3, 0.4) is 0 Å². The number of benzene rings is 1. The highest BCUT2D eigenvalue weighted by Crippen LogP contribution is 2.22. The number of ether oxygens (including phenoxy) is 2. The third-order valence-electron chi connectivity index (χ3n) is 4.57. The van der Waals surface area contributed by atoms with Gasteiger partial charge >= 0.3 is 12.1 Å². The van der Waals surface area contributed by atoms with Crippen LogP contribution in [0.5, 0.6) is 0 Å². The maximum absolute atomic E-state index is 12.9. The Labute approximate surface area is 166 Å². The van der Waals surface area contributed by atoms with Crippen molar-refractivity contribution in [2.45, 2.75) is 52.2 Å². The smallest absolute Gasteiger partial charge is 0.409 e. The minimum absolute atomic E-state index is 0.0578. The number of hydrogen-bond donors (Lipinski definition) is 1. The van der Waals surface area contributed by atoms with Crippen molar-refractivity contribution in [3.8, 4) is 0 Å². The van der Waals surface area contributed by atoms with Crippen molar-refractivity contribution in [3.05, 3.63) is 35.9 Å². The van der Waals surface area contributed by atoms with E-state index in [1.165, 1.54) is 0 Å². The third kappa shape index (κ3) is 6.55. The summed E-state index contributed by atoms with van der Waals surface area (Å²) < 4.78 is 10.3. The molecule has 1 saturated heterocycles. The molecule has 2 unspecified atom stereocenters. The summed E-state index contributed by atoms with van der Waals surface area (Å²) in [6.07, 6.45) is 0.890. The van der Waals surface area contributed by atoms with Gasteiger partial charge in [0.25, 0.3) is 0 Å². The Morgan fingerprint density at radius 1 is 1.21 bits per heavy atom. The SMILES string of the molecule is CCOC(=O)N1CCCC(C(=O)NC(CC(=O)OC(C)C)c2ccccc2)C1. The second-order valence-electron chi connectivity index (χ2n) is 7.20. The molecule has 0 spiro atoms. The van der Waals surface area contributed by atoms with Crippen LogP contribution in [0.15, 0.2) is 30.3 Å². The van der Waals surface area contributed by atoms with Crippen molar-refractivity contribution in [3.63, 3.8) is 0 Å². The second kappa shape index (κ2) is 10.7. The average Bonchev–Trinajstić information content (AvgIpc) is 2.67. The molecule has 2 atom stereocenters. The summed E-state index contributed by atoms with van der Waals surface area (Å²) in [6, 6.07) is 8.89.